The van der Waals surface area contributed by atoms with Crippen molar-refractivity contribution in [3.63, 3.8) is 0 Å². The molecule has 3 nitrogen and oxygen atoms in total. The Morgan fingerprint density at radius 1 is 0.967 bits per heavy atom. The number of benzene rings is 1. The maximum atomic E-state index is 10.4. The Bertz CT molecular complexity index is 845. The molecule has 3 atom stereocenters. The molecule has 2 heterocycles. The van der Waals surface area contributed by atoms with Gasteiger partial charge in [-0.3, -0.25) is 4.98 Å². The monoisotopic (exact) mass is 405 g/mol. The number of hydrogen-bond acceptors (Lipinski definition) is 3. The van der Waals surface area contributed by atoms with Crippen molar-refractivity contribution in [2.75, 3.05) is 6.61 Å². The lowest BCUT2D eigenvalue weighted by molar-refractivity contribution is -0.105. The SMILES string of the molecule is O[C@H]1CC[C@H](CCC[C@@]2(c3ccccn3)CCOC3(CCCC3)C2)c2ccccc21. The Balaban J connectivity index is 1.34. The molecule has 2 fully saturated rings. The lowest BCUT2D eigenvalue weighted by atomic mass is 9.66. The number of aromatic nitrogens is 1. The molecule has 1 spiro atoms. The Morgan fingerprint density at radius 3 is 2.57 bits per heavy atom. The molecule has 0 unspecified atom stereocenters. The Kier molecular flexibility index (Phi) is 5.68. The molecular formula is C27H35NO2. The summed E-state index contributed by atoms with van der Waals surface area (Å²) < 4.78 is 6.40. The summed E-state index contributed by atoms with van der Waals surface area (Å²) in [7, 11) is 0. The topological polar surface area (TPSA) is 42.4 Å². The maximum Gasteiger partial charge on any atom is 0.0793 e. The molecule has 30 heavy (non-hydrogen) atoms. The van der Waals surface area contributed by atoms with E-state index in [1.165, 1.54) is 56.2 Å². The number of ether oxygens (including phenoxy) is 1. The average Bonchev–Trinajstić information content (AvgIpc) is 3.23. The number of fused-ring (bicyclic) bond motifs is 1. The minimum absolute atomic E-state index is 0.0946. The normalized spacial score (nSPS) is 30.3. The van der Waals surface area contributed by atoms with E-state index in [-0.39, 0.29) is 17.1 Å². The van der Waals surface area contributed by atoms with E-state index in [9.17, 15) is 5.11 Å². The van der Waals surface area contributed by atoms with E-state index in [4.69, 9.17) is 9.72 Å². The van der Waals surface area contributed by atoms with Gasteiger partial charge in [0.15, 0.2) is 0 Å². The van der Waals surface area contributed by atoms with Crippen LogP contribution in [0.4, 0.5) is 0 Å². The van der Waals surface area contributed by atoms with Crippen molar-refractivity contribution in [3.05, 3.63) is 65.5 Å². The first kappa shape index (κ1) is 20.2. The van der Waals surface area contributed by atoms with E-state index < -0.39 is 0 Å². The van der Waals surface area contributed by atoms with Crippen LogP contribution in [0.3, 0.4) is 0 Å². The van der Waals surface area contributed by atoms with Crippen LogP contribution >= 0.6 is 0 Å². The van der Waals surface area contributed by atoms with Gasteiger partial charge in [-0.15, -0.1) is 0 Å². The van der Waals surface area contributed by atoms with Crippen molar-refractivity contribution < 1.29 is 9.84 Å². The zero-order valence-electron chi connectivity index (χ0n) is 18.1. The fourth-order valence-electron chi connectivity index (χ4n) is 6.64. The van der Waals surface area contributed by atoms with Crippen molar-refractivity contribution in [2.45, 2.75) is 93.7 Å². The Hall–Kier alpha value is -1.71. The van der Waals surface area contributed by atoms with Gasteiger partial charge in [0, 0.05) is 23.9 Å². The maximum absolute atomic E-state index is 10.4. The van der Waals surface area contributed by atoms with Gasteiger partial charge in [-0.05, 0) is 80.5 Å². The third kappa shape index (κ3) is 3.83. The number of rotatable bonds is 5. The van der Waals surface area contributed by atoms with Crippen molar-refractivity contribution in [1.82, 2.24) is 4.98 Å². The molecule has 1 aromatic carbocycles. The van der Waals surface area contributed by atoms with Gasteiger partial charge in [0.2, 0.25) is 0 Å². The van der Waals surface area contributed by atoms with E-state index in [0.717, 1.165) is 37.9 Å². The molecule has 1 aliphatic heterocycles. The number of aliphatic hydroxyl groups is 1. The first-order valence-corrected chi connectivity index (χ1v) is 12.0. The van der Waals surface area contributed by atoms with E-state index in [2.05, 4.69) is 36.4 Å². The fraction of sp³-hybridized carbons (Fsp3) is 0.593. The molecule has 160 valence electrons. The third-order valence-corrected chi connectivity index (χ3v) is 8.16. The van der Waals surface area contributed by atoms with E-state index in [0.29, 0.717) is 5.92 Å². The molecule has 0 amide bonds. The molecule has 5 rings (SSSR count). The quantitative estimate of drug-likeness (QED) is 0.642. The largest absolute Gasteiger partial charge is 0.388 e. The lowest BCUT2D eigenvalue weighted by Gasteiger charge is -2.46. The molecule has 2 aliphatic carbocycles. The molecule has 2 aromatic rings. The van der Waals surface area contributed by atoms with Crippen molar-refractivity contribution in [1.29, 1.82) is 0 Å². The average molecular weight is 406 g/mol. The molecule has 3 aliphatic rings. The smallest absolute Gasteiger partial charge is 0.0793 e. The second kappa shape index (κ2) is 8.43. The number of aliphatic hydroxyl groups excluding tert-OH is 1. The Morgan fingerprint density at radius 2 is 1.77 bits per heavy atom. The molecular weight excluding hydrogens is 370 g/mol. The van der Waals surface area contributed by atoms with Crippen LogP contribution in [0, 0.1) is 0 Å². The van der Waals surface area contributed by atoms with Gasteiger partial charge < -0.3 is 9.84 Å². The predicted molar refractivity (Wildman–Crippen MR) is 120 cm³/mol. The Labute approximate surface area is 180 Å². The summed E-state index contributed by atoms with van der Waals surface area (Å²) in [5.74, 6) is 0.575. The van der Waals surface area contributed by atoms with Crippen LogP contribution in [-0.2, 0) is 10.2 Å². The van der Waals surface area contributed by atoms with Crippen LogP contribution in [0.5, 0.6) is 0 Å². The van der Waals surface area contributed by atoms with Crippen molar-refractivity contribution in [2.24, 2.45) is 0 Å². The van der Waals surface area contributed by atoms with Crippen LogP contribution < -0.4 is 0 Å². The molecule has 0 bridgehead atoms. The summed E-state index contributed by atoms with van der Waals surface area (Å²) in [6, 6.07) is 15.0. The first-order chi connectivity index (χ1) is 14.7. The molecule has 0 radical (unpaired) electrons. The van der Waals surface area contributed by atoms with Gasteiger partial charge in [0.1, 0.15) is 0 Å². The van der Waals surface area contributed by atoms with Crippen molar-refractivity contribution in [3.8, 4) is 0 Å². The molecule has 1 saturated heterocycles. The molecule has 3 heteroatoms. The standard InChI is InChI=1S/C27H35NO2/c29-24-13-12-21(22-9-1-2-10-23(22)24)8-7-14-26(25-11-3-6-18-28-25)17-19-30-27(20-26)15-4-5-16-27/h1-3,6,9-11,18,21,24,29H,4-5,7-8,12-17,19-20H2/t21-,24-,26+/m0/s1. The van der Waals surface area contributed by atoms with E-state index >= 15 is 0 Å². The van der Waals surface area contributed by atoms with Gasteiger partial charge >= 0.3 is 0 Å². The summed E-state index contributed by atoms with van der Waals surface area (Å²) in [5.41, 5.74) is 4.06. The van der Waals surface area contributed by atoms with Gasteiger partial charge in [-0.25, -0.2) is 0 Å². The van der Waals surface area contributed by atoms with Gasteiger partial charge in [-0.1, -0.05) is 49.6 Å². The summed E-state index contributed by atoms with van der Waals surface area (Å²) >= 11 is 0. The number of pyridine rings is 1. The van der Waals surface area contributed by atoms with Crippen molar-refractivity contribution >= 4 is 0 Å². The van der Waals surface area contributed by atoms with E-state index in [1.54, 1.807) is 0 Å². The van der Waals surface area contributed by atoms with Gasteiger partial charge in [0.25, 0.3) is 0 Å². The van der Waals surface area contributed by atoms with Gasteiger partial charge in [-0.2, -0.15) is 0 Å². The summed E-state index contributed by atoms with van der Waals surface area (Å²) in [4.78, 5) is 4.85. The second-order valence-electron chi connectivity index (χ2n) is 9.97. The molecule has 1 N–H and O–H groups in total. The van der Waals surface area contributed by atoms with Crippen LogP contribution in [-0.4, -0.2) is 22.3 Å². The zero-order chi connectivity index (χ0) is 20.4. The highest BCUT2D eigenvalue weighted by Crippen LogP contribution is 2.51. The molecule has 1 saturated carbocycles. The first-order valence-electron chi connectivity index (χ1n) is 12.0. The summed E-state index contributed by atoms with van der Waals surface area (Å²) in [5, 5.41) is 10.4. The minimum Gasteiger partial charge on any atom is -0.388 e. The summed E-state index contributed by atoms with van der Waals surface area (Å²) in [6.45, 7) is 0.870. The zero-order valence-corrected chi connectivity index (χ0v) is 18.1. The highest BCUT2D eigenvalue weighted by atomic mass is 16.5. The van der Waals surface area contributed by atoms with Crippen LogP contribution in [0.25, 0.3) is 0 Å². The van der Waals surface area contributed by atoms with Crippen LogP contribution in [0.15, 0.2) is 48.7 Å². The third-order valence-electron chi connectivity index (χ3n) is 8.16. The second-order valence-corrected chi connectivity index (χ2v) is 9.97. The lowest BCUT2D eigenvalue weighted by Crippen LogP contribution is -2.46. The van der Waals surface area contributed by atoms with Crippen LogP contribution in [0.1, 0.15) is 99.5 Å². The fourth-order valence-corrected chi connectivity index (χ4v) is 6.64. The number of nitrogens with zero attached hydrogens (tertiary/aromatic N) is 1. The molecule has 1 aromatic heterocycles. The van der Waals surface area contributed by atoms with E-state index in [1.807, 2.05) is 12.3 Å². The van der Waals surface area contributed by atoms with Crippen LogP contribution in [0.2, 0.25) is 0 Å². The van der Waals surface area contributed by atoms with Gasteiger partial charge in [0.05, 0.1) is 11.7 Å². The summed E-state index contributed by atoms with van der Waals surface area (Å²) in [6.07, 6.45) is 14.5. The number of hydrogen-bond donors (Lipinski definition) is 1. The highest BCUT2D eigenvalue weighted by molar-refractivity contribution is 5.34. The minimum atomic E-state index is -0.282. The highest BCUT2D eigenvalue weighted by Gasteiger charge is 2.48. The predicted octanol–water partition coefficient (Wildman–Crippen LogP) is 6.22.